The second kappa shape index (κ2) is 34.2. The summed E-state index contributed by atoms with van der Waals surface area (Å²) >= 11 is 0. The van der Waals surface area contributed by atoms with E-state index >= 15 is 0 Å². The van der Waals surface area contributed by atoms with Crippen LogP contribution in [0.5, 0.6) is 0 Å². The van der Waals surface area contributed by atoms with Crippen molar-refractivity contribution in [3.63, 3.8) is 0 Å². The monoisotopic (exact) mass is 1280 g/mol. The first-order valence-corrected chi connectivity index (χ1v) is 29.4. The van der Waals surface area contributed by atoms with Crippen molar-refractivity contribution >= 4 is 29.7 Å². The van der Waals surface area contributed by atoms with Crippen LogP contribution in [0.1, 0.15) is 40.8 Å². The van der Waals surface area contributed by atoms with E-state index in [1.807, 2.05) is 141 Å². The van der Waals surface area contributed by atoms with Crippen LogP contribution in [0.15, 0.2) is 244 Å². The van der Waals surface area contributed by atoms with Crippen LogP contribution < -0.4 is 22.4 Å². The van der Waals surface area contributed by atoms with Crippen molar-refractivity contribution in [3.05, 3.63) is 284 Å². The maximum atomic E-state index is 12.4. The summed E-state index contributed by atoms with van der Waals surface area (Å²) in [5.74, 6) is 1.76. The first kappa shape index (κ1) is 69.3. The number of H-pyrrole nitrogens is 1. The first-order valence-electron chi connectivity index (χ1n) is 29.4. The van der Waals surface area contributed by atoms with Crippen molar-refractivity contribution in [2.24, 2.45) is 9.98 Å². The molecule has 0 unspecified atom stereocenters. The van der Waals surface area contributed by atoms with E-state index in [2.05, 4.69) is 72.4 Å². The van der Waals surface area contributed by atoms with E-state index in [1.54, 1.807) is 117 Å². The summed E-state index contributed by atoms with van der Waals surface area (Å²) in [6, 6.07) is 59.7. The fraction of sp³-hybridized carbons (Fsp3) is 0.110. The summed E-state index contributed by atoms with van der Waals surface area (Å²) in [5.41, 5.74) is 18.4. The molecule has 97 heavy (non-hydrogen) atoms. The van der Waals surface area contributed by atoms with Crippen molar-refractivity contribution in [2.75, 3.05) is 33.9 Å². The van der Waals surface area contributed by atoms with Gasteiger partial charge in [0.1, 0.15) is 11.4 Å². The Hall–Kier alpha value is -13.6. The molecule has 0 amide bonds. The number of nitrogens with two attached hydrogens (primary N) is 1. The molecule has 0 aliphatic rings. The molecule has 6 aromatic carbocycles. The highest BCUT2D eigenvalue weighted by molar-refractivity contribution is 5.65. The van der Waals surface area contributed by atoms with Gasteiger partial charge in [-0.25, -0.2) is 54.4 Å². The molecule has 0 saturated heterocycles. The molecule has 0 aliphatic heterocycles. The number of aromatic nitrogens is 12. The van der Waals surface area contributed by atoms with Crippen LogP contribution >= 0.6 is 0 Å². The lowest BCUT2D eigenvalue weighted by molar-refractivity contribution is 0.282. The zero-order valence-electron chi connectivity index (χ0n) is 52.4. The number of nitriles is 3. The molecule has 4 N–H and O–H groups in total. The minimum Gasteiger partial charge on any atom is -0.396 e. The SMILES string of the molecule is C.CN(C)C=Nc1cnc(-c2cccc(CO)c2)nc1.CN(C)C=Nc1cnc(-c2cccc(Cn3nc(-c4ccc(C#N)cc4)ccc3=O)c2)nc1.N#Cc1ccc(-c2ccc(=O)[nH]n2)cc1.N#Cc1ccc(-c2ccc(=O)n(Cc3cccc(-c4ncc(N)cn4)c3)n2)cc1. The molecular weight excluding hydrogens is 1220 g/mol. The highest BCUT2D eigenvalue weighted by Gasteiger charge is 2.11. The zero-order chi connectivity index (χ0) is 67.8. The summed E-state index contributed by atoms with van der Waals surface area (Å²) in [6.45, 7) is 0.632. The fourth-order valence-corrected chi connectivity index (χ4v) is 8.78. The highest BCUT2D eigenvalue weighted by atomic mass is 16.3. The first-order chi connectivity index (χ1) is 46.6. The second-order valence-corrected chi connectivity index (χ2v) is 21.3. The van der Waals surface area contributed by atoms with E-state index in [-0.39, 0.29) is 30.7 Å². The fourth-order valence-electron chi connectivity index (χ4n) is 8.78. The predicted octanol–water partition coefficient (Wildman–Crippen LogP) is 10.2. The Balaban J connectivity index is 0.000000172. The molecular formula is C73H64N20O4. The molecule has 0 spiro atoms. The molecule has 6 aromatic heterocycles. The summed E-state index contributed by atoms with van der Waals surface area (Å²) in [4.78, 5) is 73.6. The van der Waals surface area contributed by atoms with Gasteiger partial charge < -0.3 is 20.6 Å². The van der Waals surface area contributed by atoms with Gasteiger partial charge in [0.2, 0.25) is 0 Å². The number of aliphatic imine (C=N–C) groups is 2. The smallest absolute Gasteiger partial charge is 0.267 e. The number of hydrogen-bond donors (Lipinski definition) is 3. The van der Waals surface area contributed by atoms with Gasteiger partial charge >= 0.3 is 0 Å². The standard InChI is InChI=1S/C25H21N7O.C22H16N6O.C14H16N4O.C11H7N3O.CH4/c1-31(2)17-29-22-14-27-25(28-15-22)21-5-3-4-19(12-21)16-32-24(33)11-10-23(30-32)20-8-6-18(13-26)7-9-20;23-11-15-4-6-17(7-5-15)20-8-9-21(29)28(27-20)14-16-2-1-3-18(10-16)22-25-12-19(24)13-26-22;1-18(2)10-17-13-7-15-14(16-8-13)12-5-3-4-11(6-12)9-19;12-7-8-1-3-9(4-2-8)10-5-6-11(15)14-13-10;/h3-12,14-15,17H,16H2,1-2H3;1-10,12-13H,14,24H2;3-8,10,19H,9H2,1-2H3;1-6H,(H,14,15);1H4. The number of aliphatic hydroxyl groups is 1. The molecule has 0 saturated carbocycles. The topological polar surface area (TPSA) is 342 Å². The van der Waals surface area contributed by atoms with Crippen molar-refractivity contribution in [3.8, 4) is 86.1 Å². The van der Waals surface area contributed by atoms with E-state index < -0.39 is 0 Å². The van der Waals surface area contributed by atoms with Gasteiger partial charge in [-0.15, -0.1) is 0 Å². The van der Waals surface area contributed by atoms with Crippen LogP contribution in [0.4, 0.5) is 17.1 Å². The second-order valence-electron chi connectivity index (χ2n) is 21.3. The number of anilines is 1. The summed E-state index contributed by atoms with van der Waals surface area (Å²) in [5, 5.41) is 50.9. The van der Waals surface area contributed by atoms with Crippen LogP contribution in [0.2, 0.25) is 0 Å². The molecule has 0 bridgehead atoms. The Morgan fingerprint density at radius 3 is 1.16 bits per heavy atom. The van der Waals surface area contributed by atoms with E-state index in [9.17, 15) is 14.4 Å². The Bertz CT molecular complexity index is 4960. The normalized spacial score (nSPS) is 10.4. The zero-order valence-corrected chi connectivity index (χ0v) is 52.4. The lowest BCUT2D eigenvalue weighted by Gasteiger charge is -2.09. The predicted molar refractivity (Wildman–Crippen MR) is 374 cm³/mol. The molecule has 0 atom stereocenters. The molecule has 24 heteroatoms. The third-order valence-electron chi connectivity index (χ3n) is 13.6. The maximum absolute atomic E-state index is 12.4. The van der Waals surface area contributed by atoms with Crippen molar-refractivity contribution in [1.82, 2.24) is 69.5 Å². The number of nitrogens with one attached hydrogen (secondary N) is 1. The van der Waals surface area contributed by atoms with Crippen molar-refractivity contribution in [2.45, 2.75) is 27.1 Å². The van der Waals surface area contributed by atoms with Gasteiger partial charge in [-0.2, -0.15) is 31.1 Å². The van der Waals surface area contributed by atoms with Gasteiger partial charge in [-0.3, -0.25) is 14.4 Å². The van der Waals surface area contributed by atoms with Gasteiger partial charge in [0.15, 0.2) is 17.5 Å². The average molecular weight is 1290 g/mol. The number of benzene rings is 6. The average Bonchev–Trinajstić information content (AvgIpc) is 0.930. The molecule has 0 fully saturated rings. The van der Waals surface area contributed by atoms with Crippen molar-refractivity contribution < 1.29 is 5.11 Å². The Morgan fingerprint density at radius 2 is 0.814 bits per heavy atom. The van der Waals surface area contributed by atoms with Gasteiger partial charge in [-0.05, 0) is 89.5 Å². The molecule has 12 rings (SSSR count). The third-order valence-corrected chi connectivity index (χ3v) is 13.6. The van der Waals surface area contributed by atoms with E-state index in [0.29, 0.717) is 81.4 Å². The quantitative estimate of drug-likeness (QED) is 0.0634. The minimum absolute atomic E-state index is 0. The molecule has 24 nitrogen and oxygen atoms in total. The largest absolute Gasteiger partial charge is 0.396 e. The molecule has 480 valence electrons. The van der Waals surface area contributed by atoms with Crippen LogP contribution in [0, 0.1) is 34.0 Å². The summed E-state index contributed by atoms with van der Waals surface area (Å²) in [7, 11) is 7.59. The van der Waals surface area contributed by atoms with Crippen LogP contribution in [0.3, 0.4) is 0 Å². The number of nitrogen functional groups attached to an aromatic ring is 1. The lowest BCUT2D eigenvalue weighted by atomic mass is 10.1. The van der Waals surface area contributed by atoms with Gasteiger partial charge in [0.25, 0.3) is 16.7 Å². The third kappa shape index (κ3) is 20.2. The number of hydrogen-bond acceptors (Lipinski definition) is 19. The lowest BCUT2D eigenvalue weighted by Crippen LogP contribution is -2.22. The van der Waals surface area contributed by atoms with E-state index in [1.165, 1.54) is 27.6 Å². The van der Waals surface area contributed by atoms with Gasteiger partial charge in [-0.1, -0.05) is 98.4 Å². The molecule has 0 aliphatic carbocycles. The Morgan fingerprint density at radius 1 is 0.464 bits per heavy atom. The Kier molecular flexibility index (Phi) is 24.4. The summed E-state index contributed by atoms with van der Waals surface area (Å²) < 4.78 is 2.84. The number of rotatable bonds is 15. The number of aromatic amines is 1. The molecule has 0 radical (unpaired) electrons. The minimum atomic E-state index is -0.229. The molecule has 6 heterocycles. The number of nitrogens with zero attached hydrogens (tertiary/aromatic N) is 18. The maximum Gasteiger partial charge on any atom is 0.267 e. The van der Waals surface area contributed by atoms with Crippen LogP contribution in [0.25, 0.3) is 67.9 Å². The summed E-state index contributed by atoms with van der Waals surface area (Å²) in [6.07, 6.45) is 13.2. The van der Waals surface area contributed by atoms with E-state index in [4.69, 9.17) is 26.6 Å². The van der Waals surface area contributed by atoms with Crippen LogP contribution in [-0.2, 0) is 19.7 Å². The number of aliphatic hydroxyl groups excluding tert-OH is 1. The highest BCUT2D eigenvalue weighted by Crippen LogP contribution is 2.23. The van der Waals surface area contributed by atoms with Crippen LogP contribution in [-0.4, -0.2) is 115 Å². The van der Waals surface area contributed by atoms with E-state index in [0.717, 1.165) is 50.1 Å². The van der Waals surface area contributed by atoms with Crippen molar-refractivity contribution in [1.29, 1.82) is 15.8 Å². The van der Waals surface area contributed by atoms with Gasteiger partial charge in [0, 0.05) is 79.8 Å². The Labute approximate surface area is 558 Å². The van der Waals surface area contributed by atoms with Gasteiger partial charge in [0.05, 0.1) is 127 Å². The molecule has 12 aromatic rings.